The Bertz CT molecular complexity index is 1200. The molecule has 43 heavy (non-hydrogen) atoms. The van der Waals surface area contributed by atoms with Crippen molar-refractivity contribution in [3.63, 3.8) is 0 Å². The molecule has 1 saturated heterocycles. The van der Waals surface area contributed by atoms with Gasteiger partial charge in [0.25, 0.3) is 5.91 Å². The van der Waals surface area contributed by atoms with E-state index in [1.807, 2.05) is 6.92 Å². The molecule has 0 saturated carbocycles. The number of rotatable bonds is 15. The maximum Gasteiger partial charge on any atom is 0.326 e. The van der Waals surface area contributed by atoms with Crippen molar-refractivity contribution in [3.8, 4) is 11.5 Å². The highest BCUT2D eigenvalue weighted by atomic mass is 16.4. The van der Waals surface area contributed by atoms with Crippen LogP contribution in [-0.4, -0.2) is 93.0 Å². The fourth-order valence-corrected chi connectivity index (χ4v) is 4.76. The van der Waals surface area contributed by atoms with Crippen LogP contribution in [0.5, 0.6) is 11.5 Å². The number of nitrogens with zero attached hydrogens (tertiary/aromatic N) is 2. The molecule has 0 aromatic heterocycles. The number of guanidine groups is 1. The van der Waals surface area contributed by atoms with Crippen LogP contribution in [-0.2, 0) is 19.2 Å². The number of aromatic hydroxyl groups is 2. The minimum absolute atomic E-state index is 0.0945. The first-order valence-corrected chi connectivity index (χ1v) is 14.3. The Morgan fingerprint density at radius 2 is 1.74 bits per heavy atom. The summed E-state index contributed by atoms with van der Waals surface area (Å²) in [5, 5.41) is 37.0. The van der Waals surface area contributed by atoms with E-state index < -0.39 is 59.5 Å². The minimum atomic E-state index is -1.19. The van der Waals surface area contributed by atoms with Crippen LogP contribution in [0.25, 0.3) is 0 Å². The van der Waals surface area contributed by atoms with Crippen LogP contribution in [0, 0.1) is 5.92 Å². The lowest BCUT2D eigenvalue weighted by Gasteiger charge is -2.31. The van der Waals surface area contributed by atoms with Crippen LogP contribution in [0.3, 0.4) is 0 Å². The quantitative estimate of drug-likeness (QED) is 0.0563. The molecule has 0 aliphatic carbocycles. The summed E-state index contributed by atoms with van der Waals surface area (Å²) in [7, 11) is 0. The summed E-state index contributed by atoms with van der Waals surface area (Å²) in [5.41, 5.74) is 10.5. The molecule has 238 valence electrons. The van der Waals surface area contributed by atoms with Gasteiger partial charge in [0.05, 0.1) is 5.56 Å². The molecule has 15 nitrogen and oxygen atoms in total. The molecule has 2 rings (SSSR count). The van der Waals surface area contributed by atoms with Crippen molar-refractivity contribution in [1.29, 1.82) is 0 Å². The second kappa shape index (κ2) is 16.2. The van der Waals surface area contributed by atoms with E-state index in [1.54, 1.807) is 13.8 Å². The van der Waals surface area contributed by atoms with Gasteiger partial charge in [-0.25, -0.2) is 4.79 Å². The third kappa shape index (κ3) is 9.75. The largest absolute Gasteiger partial charge is 0.508 e. The lowest BCUT2D eigenvalue weighted by molar-refractivity contribution is -0.143. The first kappa shape index (κ1) is 34.6. The first-order chi connectivity index (χ1) is 20.3. The Morgan fingerprint density at radius 1 is 1.05 bits per heavy atom. The molecule has 1 aliphatic rings. The minimum Gasteiger partial charge on any atom is -0.508 e. The van der Waals surface area contributed by atoms with Crippen molar-refractivity contribution in [2.45, 2.75) is 83.5 Å². The number of phenols is 2. The fourth-order valence-electron chi connectivity index (χ4n) is 4.76. The SMILES string of the molecule is CC[C@H](NC(=O)[C@H](NC(=O)[C@@H]1CCCN1C(=O)[C@H](CCCN=C(N)N)NC(=O)c1cc(O)ccc1O)[C@@H](C)CC)C(=O)O. The Balaban J connectivity index is 2.26. The Hall–Kier alpha value is -4.56. The van der Waals surface area contributed by atoms with E-state index in [4.69, 9.17) is 11.5 Å². The molecule has 4 amide bonds. The van der Waals surface area contributed by atoms with Gasteiger partial charge < -0.3 is 47.6 Å². The zero-order chi connectivity index (χ0) is 32.3. The van der Waals surface area contributed by atoms with Crippen LogP contribution in [0.15, 0.2) is 23.2 Å². The van der Waals surface area contributed by atoms with Crippen molar-refractivity contribution >= 4 is 35.6 Å². The number of hydrogen-bond donors (Lipinski definition) is 8. The number of likely N-dealkylation sites (tertiary alicyclic amines) is 1. The summed E-state index contributed by atoms with van der Waals surface area (Å²) in [4.78, 5) is 69.9. The molecule has 10 N–H and O–H groups in total. The molecule has 1 aliphatic heterocycles. The van der Waals surface area contributed by atoms with Gasteiger partial charge in [-0.15, -0.1) is 0 Å². The van der Waals surface area contributed by atoms with Crippen molar-refractivity contribution < 1.29 is 39.3 Å². The number of hydrogen-bond acceptors (Lipinski definition) is 8. The van der Waals surface area contributed by atoms with Crippen molar-refractivity contribution in [2.24, 2.45) is 22.4 Å². The second-order valence-corrected chi connectivity index (χ2v) is 10.5. The number of carboxylic acids is 1. The average molecular weight is 606 g/mol. The topological polar surface area (TPSA) is 250 Å². The van der Waals surface area contributed by atoms with E-state index in [0.717, 1.165) is 12.1 Å². The van der Waals surface area contributed by atoms with E-state index >= 15 is 0 Å². The number of amides is 4. The van der Waals surface area contributed by atoms with Crippen molar-refractivity contribution in [3.05, 3.63) is 23.8 Å². The summed E-state index contributed by atoms with van der Waals surface area (Å²) in [5.74, 6) is -4.91. The van der Waals surface area contributed by atoms with E-state index in [9.17, 15) is 39.3 Å². The highest BCUT2D eigenvalue weighted by Crippen LogP contribution is 2.24. The number of carboxylic acid groups (broad SMARTS) is 1. The normalized spacial score (nSPS) is 17.2. The van der Waals surface area contributed by atoms with Gasteiger partial charge in [0.15, 0.2) is 5.96 Å². The van der Waals surface area contributed by atoms with E-state index in [2.05, 4.69) is 20.9 Å². The number of aliphatic imine (C=N–C) groups is 1. The lowest BCUT2D eigenvalue weighted by atomic mass is 9.97. The summed E-state index contributed by atoms with van der Waals surface area (Å²) >= 11 is 0. The highest BCUT2D eigenvalue weighted by Gasteiger charge is 2.40. The van der Waals surface area contributed by atoms with Crippen LogP contribution in [0.4, 0.5) is 0 Å². The number of phenolic OH excluding ortho intramolecular Hbond substituents is 2. The van der Waals surface area contributed by atoms with Crippen LogP contribution >= 0.6 is 0 Å². The van der Waals surface area contributed by atoms with Gasteiger partial charge in [0.1, 0.15) is 35.7 Å². The monoisotopic (exact) mass is 605 g/mol. The number of carbonyl (C=O) groups excluding carboxylic acids is 4. The number of aliphatic carboxylic acids is 1. The number of nitrogens with two attached hydrogens (primary N) is 2. The summed E-state index contributed by atoms with van der Waals surface area (Å²) < 4.78 is 0. The molecular formula is C28H43N7O8. The standard InChI is InChI=1S/C28H43N7O8/c1-4-15(3)22(25(40)32-18(5-2)27(42)43)34-24(39)20-9-7-13-35(20)26(41)19(8-6-12-31-28(29)30)33-23(38)17-14-16(36)10-11-21(17)37/h10-11,14-15,18-20,22,36-37H,4-9,12-13H2,1-3H3,(H,32,40)(H,33,38)(H,34,39)(H,42,43)(H4,29,30,31)/t15-,18-,19-,20-,22+/m0/s1. The van der Waals surface area contributed by atoms with Crippen LogP contribution in [0.2, 0.25) is 0 Å². The smallest absolute Gasteiger partial charge is 0.326 e. The van der Waals surface area contributed by atoms with Crippen LogP contribution in [0.1, 0.15) is 69.7 Å². The molecule has 15 heteroatoms. The van der Waals surface area contributed by atoms with Gasteiger partial charge in [0, 0.05) is 13.1 Å². The molecule has 0 spiro atoms. The molecule has 0 unspecified atom stereocenters. The molecular weight excluding hydrogens is 562 g/mol. The van der Waals surface area contributed by atoms with E-state index in [1.165, 1.54) is 11.0 Å². The molecule has 1 aromatic rings. The Labute approximate surface area is 250 Å². The summed E-state index contributed by atoms with van der Waals surface area (Å²) in [6.45, 7) is 5.59. The van der Waals surface area contributed by atoms with Gasteiger partial charge in [-0.2, -0.15) is 0 Å². The number of nitrogens with one attached hydrogen (secondary N) is 3. The molecule has 0 bridgehead atoms. The van der Waals surface area contributed by atoms with Gasteiger partial charge in [-0.05, 0) is 56.2 Å². The van der Waals surface area contributed by atoms with E-state index in [-0.39, 0.29) is 49.1 Å². The maximum atomic E-state index is 13.8. The van der Waals surface area contributed by atoms with Crippen LogP contribution < -0.4 is 27.4 Å². The third-order valence-electron chi connectivity index (χ3n) is 7.43. The van der Waals surface area contributed by atoms with Gasteiger partial charge in [-0.3, -0.25) is 24.2 Å². The Kier molecular flexibility index (Phi) is 13.0. The lowest BCUT2D eigenvalue weighted by Crippen LogP contribution is -2.58. The predicted octanol–water partition coefficient (Wildman–Crippen LogP) is -0.249. The van der Waals surface area contributed by atoms with Crippen molar-refractivity contribution in [2.75, 3.05) is 13.1 Å². The molecule has 1 fully saturated rings. The number of benzene rings is 1. The van der Waals surface area contributed by atoms with E-state index in [0.29, 0.717) is 25.7 Å². The summed E-state index contributed by atoms with van der Waals surface area (Å²) in [6.07, 6.45) is 1.86. The Morgan fingerprint density at radius 3 is 2.35 bits per heavy atom. The second-order valence-electron chi connectivity index (χ2n) is 10.5. The molecule has 1 aromatic carbocycles. The maximum absolute atomic E-state index is 13.8. The fraction of sp³-hybridized carbons (Fsp3) is 0.571. The van der Waals surface area contributed by atoms with Gasteiger partial charge >= 0.3 is 5.97 Å². The molecule has 1 heterocycles. The zero-order valence-electron chi connectivity index (χ0n) is 24.7. The van der Waals surface area contributed by atoms with Gasteiger partial charge in [0.2, 0.25) is 17.7 Å². The molecule has 5 atom stereocenters. The summed E-state index contributed by atoms with van der Waals surface area (Å²) in [6, 6.07) is -0.823. The third-order valence-corrected chi connectivity index (χ3v) is 7.43. The first-order valence-electron chi connectivity index (χ1n) is 14.3. The average Bonchev–Trinajstić information content (AvgIpc) is 3.46. The van der Waals surface area contributed by atoms with Crippen molar-refractivity contribution in [1.82, 2.24) is 20.9 Å². The number of carbonyl (C=O) groups is 5. The molecule has 0 radical (unpaired) electrons. The van der Waals surface area contributed by atoms with Gasteiger partial charge in [-0.1, -0.05) is 27.2 Å². The zero-order valence-corrected chi connectivity index (χ0v) is 24.7. The highest BCUT2D eigenvalue weighted by molar-refractivity contribution is 6.01. The predicted molar refractivity (Wildman–Crippen MR) is 157 cm³/mol.